The topological polar surface area (TPSA) is 38.8 Å². The van der Waals surface area contributed by atoms with Gasteiger partial charge in [-0.1, -0.05) is 0 Å². The van der Waals surface area contributed by atoms with Crippen LogP contribution in [0.4, 0.5) is 4.79 Å². The number of carbonyl (C=O) groups is 1. The van der Waals surface area contributed by atoms with Crippen LogP contribution in [0.1, 0.15) is 40.0 Å². The van der Waals surface area contributed by atoms with Crippen LogP contribution in [0, 0.1) is 0 Å². The van der Waals surface area contributed by atoms with Crippen LogP contribution in [0.3, 0.4) is 0 Å². The number of carbonyl (C=O) groups excluding carboxylic acids is 1. The maximum absolute atomic E-state index is 11.9. The fourth-order valence-corrected chi connectivity index (χ4v) is 1.95. The molecule has 0 aromatic rings. The van der Waals surface area contributed by atoms with Crippen molar-refractivity contribution in [3.05, 3.63) is 0 Å². The molecule has 4 nitrogen and oxygen atoms in total. The summed E-state index contributed by atoms with van der Waals surface area (Å²) in [6.07, 6.45) is 2.83. The second-order valence-electron chi connectivity index (χ2n) is 5.25. The van der Waals surface area contributed by atoms with E-state index >= 15 is 0 Å². The van der Waals surface area contributed by atoms with E-state index in [4.69, 9.17) is 9.47 Å². The molecule has 0 spiro atoms. The minimum atomic E-state index is -0.411. The van der Waals surface area contributed by atoms with Crippen LogP contribution in [0.25, 0.3) is 0 Å². The van der Waals surface area contributed by atoms with Crippen LogP contribution < -0.4 is 0 Å². The van der Waals surface area contributed by atoms with Crippen molar-refractivity contribution in [2.75, 3.05) is 20.3 Å². The van der Waals surface area contributed by atoms with Crippen LogP contribution in [-0.2, 0) is 9.47 Å². The third kappa shape index (κ3) is 4.00. The minimum absolute atomic E-state index is 0.189. The first-order valence-corrected chi connectivity index (χ1v) is 5.92. The molecular formula is C12H23NO3. The average molecular weight is 229 g/mol. The van der Waals surface area contributed by atoms with Crippen LogP contribution in [0.15, 0.2) is 0 Å². The molecule has 0 N–H and O–H groups in total. The van der Waals surface area contributed by atoms with Gasteiger partial charge in [0.1, 0.15) is 5.60 Å². The van der Waals surface area contributed by atoms with Gasteiger partial charge in [-0.3, -0.25) is 0 Å². The van der Waals surface area contributed by atoms with Crippen molar-refractivity contribution < 1.29 is 14.3 Å². The maximum atomic E-state index is 11.9. The molecule has 4 heteroatoms. The van der Waals surface area contributed by atoms with Crippen LogP contribution in [0.5, 0.6) is 0 Å². The maximum Gasteiger partial charge on any atom is 0.410 e. The summed E-state index contributed by atoms with van der Waals surface area (Å²) < 4.78 is 10.4. The lowest BCUT2D eigenvalue weighted by molar-refractivity contribution is 0.0201. The molecule has 0 aliphatic carbocycles. The van der Waals surface area contributed by atoms with Gasteiger partial charge in [-0.05, 0) is 40.0 Å². The first-order valence-electron chi connectivity index (χ1n) is 5.92. The average Bonchev–Trinajstić information content (AvgIpc) is 2.59. The van der Waals surface area contributed by atoms with E-state index in [-0.39, 0.29) is 12.1 Å². The lowest BCUT2D eigenvalue weighted by Gasteiger charge is -2.28. The number of hydrogen-bond donors (Lipinski definition) is 0. The molecule has 1 atom stereocenters. The summed E-state index contributed by atoms with van der Waals surface area (Å²) in [5.41, 5.74) is -0.411. The highest BCUT2D eigenvalue weighted by molar-refractivity contribution is 5.68. The summed E-state index contributed by atoms with van der Waals surface area (Å²) >= 11 is 0. The van der Waals surface area contributed by atoms with Crippen molar-refractivity contribution in [1.29, 1.82) is 0 Å². The largest absolute Gasteiger partial charge is 0.444 e. The summed E-state index contributed by atoms with van der Waals surface area (Å²) in [6, 6.07) is 0.287. The van der Waals surface area contributed by atoms with Crippen molar-refractivity contribution in [1.82, 2.24) is 4.90 Å². The predicted molar refractivity (Wildman–Crippen MR) is 62.5 cm³/mol. The Morgan fingerprint density at radius 3 is 2.69 bits per heavy atom. The Labute approximate surface area is 97.9 Å². The Bertz CT molecular complexity index is 235. The van der Waals surface area contributed by atoms with Crippen LogP contribution >= 0.6 is 0 Å². The molecule has 1 heterocycles. The molecule has 0 radical (unpaired) electrons. The molecule has 1 saturated heterocycles. The van der Waals surface area contributed by atoms with E-state index in [1.807, 2.05) is 25.7 Å². The summed E-state index contributed by atoms with van der Waals surface area (Å²) in [5.74, 6) is 0. The van der Waals surface area contributed by atoms with Crippen LogP contribution in [0.2, 0.25) is 0 Å². The lowest BCUT2D eigenvalue weighted by Crippen LogP contribution is -2.40. The summed E-state index contributed by atoms with van der Waals surface area (Å²) in [4.78, 5) is 13.7. The van der Waals surface area contributed by atoms with Crippen molar-refractivity contribution in [3.63, 3.8) is 0 Å². The molecule has 1 aliphatic heterocycles. The van der Waals surface area contributed by atoms with Gasteiger partial charge in [-0.25, -0.2) is 4.79 Å². The van der Waals surface area contributed by atoms with Gasteiger partial charge in [0.2, 0.25) is 0 Å². The lowest BCUT2D eigenvalue weighted by atomic mass is 10.1. The van der Waals surface area contributed by atoms with Gasteiger partial charge in [-0.2, -0.15) is 0 Å². The number of nitrogens with zero attached hydrogens (tertiary/aromatic N) is 1. The van der Waals surface area contributed by atoms with Gasteiger partial charge >= 0.3 is 6.09 Å². The third-order valence-corrected chi connectivity index (χ3v) is 2.66. The second-order valence-corrected chi connectivity index (χ2v) is 5.25. The van der Waals surface area contributed by atoms with Crippen molar-refractivity contribution >= 4 is 6.09 Å². The van der Waals surface area contributed by atoms with E-state index in [1.165, 1.54) is 0 Å². The third-order valence-electron chi connectivity index (χ3n) is 2.66. The Morgan fingerprint density at radius 2 is 2.12 bits per heavy atom. The molecule has 0 unspecified atom stereocenters. The van der Waals surface area contributed by atoms with Gasteiger partial charge < -0.3 is 14.4 Å². The number of rotatable bonds is 3. The normalized spacial score (nSPS) is 21.2. The predicted octanol–water partition coefficient (Wildman–Crippen LogP) is 2.42. The second kappa shape index (κ2) is 5.53. The molecule has 0 aromatic carbocycles. The smallest absolute Gasteiger partial charge is 0.410 e. The summed E-state index contributed by atoms with van der Waals surface area (Å²) in [6.45, 7) is 7.19. The van der Waals surface area contributed by atoms with Gasteiger partial charge in [0.25, 0.3) is 0 Å². The Kier molecular flexibility index (Phi) is 4.59. The van der Waals surface area contributed by atoms with E-state index in [1.54, 1.807) is 7.11 Å². The standard InChI is InChI=1S/C12H23NO3/c1-12(2,3)16-11(14)13-8-5-6-10(13)7-9-15-4/h10H,5-9H2,1-4H3/t10-/m0/s1. The number of ether oxygens (including phenoxy) is 2. The molecule has 1 aliphatic rings. The number of methoxy groups -OCH3 is 1. The minimum Gasteiger partial charge on any atom is -0.444 e. The number of hydrogen-bond acceptors (Lipinski definition) is 3. The molecule has 0 saturated carbocycles. The van der Waals surface area contributed by atoms with E-state index in [0.29, 0.717) is 6.61 Å². The van der Waals surface area contributed by atoms with Gasteiger partial charge in [0.15, 0.2) is 0 Å². The molecule has 1 fully saturated rings. The van der Waals surface area contributed by atoms with E-state index < -0.39 is 5.60 Å². The fraction of sp³-hybridized carbons (Fsp3) is 0.917. The molecule has 1 rings (SSSR count). The van der Waals surface area contributed by atoms with Crippen LogP contribution in [-0.4, -0.2) is 42.9 Å². The number of amides is 1. The molecule has 0 bridgehead atoms. The molecular weight excluding hydrogens is 206 g/mol. The quantitative estimate of drug-likeness (QED) is 0.746. The van der Waals surface area contributed by atoms with Gasteiger partial charge in [0.05, 0.1) is 0 Å². The van der Waals surface area contributed by atoms with E-state index in [0.717, 1.165) is 25.8 Å². The summed E-state index contributed by atoms with van der Waals surface area (Å²) in [7, 11) is 1.69. The zero-order valence-corrected chi connectivity index (χ0v) is 10.8. The SMILES string of the molecule is COCC[C@@H]1CCCN1C(=O)OC(C)(C)C. The monoisotopic (exact) mass is 229 g/mol. The van der Waals surface area contributed by atoms with Gasteiger partial charge in [0, 0.05) is 26.3 Å². The Hall–Kier alpha value is -0.770. The first-order chi connectivity index (χ1) is 7.44. The molecule has 94 valence electrons. The van der Waals surface area contributed by atoms with Gasteiger partial charge in [-0.15, -0.1) is 0 Å². The highest BCUT2D eigenvalue weighted by Crippen LogP contribution is 2.22. The molecule has 1 amide bonds. The Morgan fingerprint density at radius 1 is 1.44 bits per heavy atom. The number of likely N-dealkylation sites (tertiary alicyclic amines) is 1. The van der Waals surface area contributed by atoms with E-state index in [2.05, 4.69) is 0 Å². The molecule has 0 aromatic heterocycles. The van der Waals surface area contributed by atoms with E-state index in [9.17, 15) is 4.79 Å². The fourth-order valence-electron chi connectivity index (χ4n) is 1.95. The highest BCUT2D eigenvalue weighted by atomic mass is 16.6. The van der Waals surface area contributed by atoms with Crippen molar-refractivity contribution in [3.8, 4) is 0 Å². The Balaban J connectivity index is 2.47. The summed E-state index contributed by atoms with van der Waals surface area (Å²) in [5, 5.41) is 0. The van der Waals surface area contributed by atoms with Crippen molar-refractivity contribution in [2.45, 2.75) is 51.7 Å². The zero-order valence-electron chi connectivity index (χ0n) is 10.8. The van der Waals surface area contributed by atoms with Crippen molar-refractivity contribution in [2.24, 2.45) is 0 Å². The highest BCUT2D eigenvalue weighted by Gasteiger charge is 2.31. The zero-order chi connectivity index (χ0) is 12.2. The first kappa shape index (κ1) is 13.3. The molecule has 16 heavy (non-hydrogen) atoms.